The van der Waals surface area contributed by atoms with E-state index in [9.17, 15) is 8.42 Å². The molecule has 1 rings (SSSR count). The van der Waals surface area contributed by atoms with Crippen molar-refractivity contribution in [1.29, 1.82) is 0 Å². The summed E-state index contributed by atoms with van der Waals surface area (Å²) >= 11 is 11.0. The van der Waals surface area contributed by atoms with Gasteiger partial charge in [-0.05, 0) is 12.1 Å². The van der Waals surface area contributed by atoms with Crippen LogP contribution in [0.3, 0.4) is 0 Å². The molecule has 0 fully saturated rings. The third-order valence-electron chi connectivity index (χ3n) is 1.33. The van der Waals surface area contributed by atoms with Crippen molar-refractivity contribution in [2.24, 2.45) is 0 Å². The predicted molar refractivity (Wildman–Crippen MR) is 57.9 cm³/mol. The minimum absolute atomic E-state index is 0. The third kappa shape index (κ3) is 2.90. The molecule has 80 valence electrons. The van der Waals surface area contributed by atoms with Crippen LogP contribution in [0.15, 0.2) is 17.0 Å². The van der Waals surface area contributed by atoms with E-state index < -0.39 is 15.0 Å². The number of anilines is 1. The van der Waals surface area contributed by atoms with Crippen LogP contribution in [0.5, 0.6) is 0 Å². The van der Waals surface area contributed by atoms with Gasteiger partial charge < -0.3 is 5.73 Å². The van der Waals surface area contributed by atoms with E-state index in [0.29, 0.717) is 0 Å². The maximum Gasteiger partial charge on any atom is 0.296 e. The van der Waals surface area contributed by atoms with Gasteiger partial charge >= 0.3 is 0 Å². The summed E-state index contributed by atoms with van der Waals surface area (Å²) in [6.07, 6.45) is 0. The van der Waals surface area contributed by atoms with E-state index in [-0.39, 0.29) is 28.1 Å². The first-order chi connectivity index (χ1) is 5.82. The lowest BCUT2D eigenvalue weighted by Gasteiger charge is -2.03. The molecule has 0 saturated heterocycles. The molecule has 0 spiro atoms. The van der Waals surface area contributed by atoms with Crippen LogP contribution >= 0.6 is 35.6 Å². The van der Waals surface area contributed by atoms with Crippen molar-refractivity contribution < 1.29 is 13.0 Å². The van der Waals surface area contributed by atoms with Gasteiger partial charge in [-0.2, -0.15) is 8.42 Å². The second kappa shape index (κ2) is 4.55. The van der Waals surface area contributed by atoms with Crippen LogP contribution in [0.4, 0.5) is 5.69 Å². The maximum atomic E-state index is 10.7. The number of nitrogen functional groups attached to an aromatic ring is 1. The highest BCUT2D eigenvalue weighted by Crippen LogP contribution is 2.29. The second-order valence-electron chi connectivity index (χ2n) is 2.28. The zero-order chi connectivity index (χ0) is 10.2. The van der Waals surface area contributed by atoms with Crippen molar-refractivity contribution in [3.63, 3.8) is 0 Å². The fourth-order valence-corrected chi connectivity index (χ4v) is 2.01. The lowest BCUT2D eigenvalue weighted by Crippen LogP contribution is -2.00. The highest BCUT2D eigenvalue weighted by atomic mass is 35.5. The first-order valence-corrected chi connectivity index (χ1v) is 5.24. The summed E-state index contributed by atoms with van der Waals surface area (Å²) in [7, 11) is -4.34. The zero-order valence-corrected chi connectivity index (χ0v) is 9.71. The number of halogens is 3. The Balaban J connectivity index is 0.00000169. The fourth-order valence-electron chi connectivity index (χ4n) is 0.742. The molecular formula is C6H6Cl3NO3S. The minimum atomic E-state index is -4.34. The Kier molecular flexibility index (Phi) is 4.48. The smallest absolute Gasteiger partial charge is 0.296 e. The van der Waals surface area contributed by atoms with E-state index in [4.69, 9.17) is 33.5 Å². The molecule has 0 saturated carbocycles. The van der Waals surface area contributed by atoms with Crippen LogP contribution in [0.2, 0.25) is 10.0 Å². The molecular weight excluding hydrogens is 272 g/mol. The third-order valence-corrected chi connectivity index (χ3v) is 2.97. The molecule has 0 heterocycles. The summed E-state index contributed by atoms with van der Waals surface area (Å²) in [5.41, 5.74) is 5.49. The van der Waals surface area contributed by atoms with Gasteiger partial charge in [-0.1, -0.05) is 23.2 Å². The molecule has 0 aliphatic rings. The summed E-state index contributed by atoms with van der Waals surface area (Å²) < 4.78 is 30.1. The number of hydrogen-bond acceptors (Lipinski definition) is 3. The normalized spacial score (nSPS) is 10.8. The Morgan fingerprint density at radius 3 is 2.14 bits per heavy atom. The van der Waals surface area contributed by atoms with E-state index in [0.717, 1.165) is 12.1 Å². The van der Waals surface area contributed by atoms with E-state index in [1.807, 2.05) is 0 Å². The standard InChI is InChI=1S/C6H5Cl2NO3S.ClH/c7-3-2-6(13(10,11)12)4(8)1-5(3)9;/h1-2H,9H2,(H,10,11,12);1H. The molecule has 1 aromatic carbocycles. The van der Waals surface area contributed by atoms with Crippen molar-refractivity contribution in [1.82, 2.24) is 0 Å². The first kappa shape index (κ1) is 13.8. The summed E-state index contributed by atoms with van der Waals surface area (Å²) in [6.45, 7) is 0. The molecule has 0 amide bonds. The van der Waals surface area contributed by atoms with Gasteiger partial charge in [-0.3, -0.25) is 4.55 Å². The quantitative estimate of drug-likeness (QED) is 0.610. The van der Waals surface area contributed by atoms with Gasteiger partial charge in [0.1, 0.15) is 4.90 Å². The molecule has 0 atom stereocenters. The van der Waals surface area contributed by atoms with Crippen LogP contribution < -0.4 is 5.73 Å². The van der Waals surface area contributed by atoms with Crippen molar-refractivity contribution in [3.8, 4) is 0 Å². The van der Waals surface area contributed by atoms with Crippen LogP contribution in [-0.4, -0.2) is 13.0 Å². The van der Waals surface area contributed by atoms with E-state index in [2.05, 4.69) is 0 Å². The van der Waals surface area contributed by atoms with Gasteiger partial charge in [0, 0.05) is 0 Å². The van der Waals surface area contributed by atoms with E-state index in [1.165, 1.54) is 0 Å². The SMILES string of the molecule is Cl.Nc1cc(Cl)c(S(=O)(=O)O)cc1Cl. The molecule has 0 aliphatic carbocycles. The first-order valence-electron chi connectivity index (χ1n) is 3.04. The molecule has 0 bridgehead atoms. The van der Waals surface area contributed by atoms with Gasteiger partial charge in [-0.15, -0.1) is 12.4 Å². The molecule has 0 aromatic heterocycles. The summed E-state index contributed by atoms with van der Waals surface area (Å²) in [6, 6.07) is 2.15. The van der Waals surface area contributed by atoms with Gasteiger partial charge in [0.05, 0.1) is 15.7 Å². The minimum Gasteiger partial charge on any atom is -0.397 e. The van der Waals surface area contributed by atoms with Crippen LogP contribution in [0.25, 0.3) is 0 Å². The van der Waals surface area contributed by atoms with Crippen molar-refractivity contribution in [3.05, 3.63) is 22.2 Å². The second-order valence-corrected chi connectivity index (χ2v) is 4.48. The molecule has 0 unspecified atom stereocenters. The lowest BCUT2D eigenvalue weighted by molar-refractivity contribution is 0.483. The molecule has 4 nitrogen and oxygen atoms in total. The number of hydrogen-bond donors (Lipinski definition) is 2. The number of benzene rings is 1. The Labute approximate surface area is 97.2 Å². The van der Waals surface area contributed by atoms with Crippen molar-refractivity contribution in [2.75, 3.05) is 5.73 Å². The Morgan fingerprint density at radius 2 is 1.71 bits per heavy atom. The molecule has 0 aliphatic heterocycles. The van der Waals surface area contributed by atoms with Gasteiger partial charge in [0.15, 0.2) is 0 Å². The fraction of sp³-hybridized carbons (Fsp3) is 0. The number of nitrogens with two attached hydrogens (primary N) is 1. The zero-order valence-electron chi connectivity index (χ0n) is 6.57. The van der Waals surface area contributed by atoms with Crippen LogP contribution in [0, 0.1) is 0 Å². The summed E-state index contributed by atoms with van der Waals surface area (Å²) in [5, 5.41) is -0.138. The molecule has 3 N–H and O–H groups in total. The predicted octanol–water partition coefficient (Wildman–Crippen LogP) is 2.24. The average molecular weight is 279 g/mol. The Bertz CT molecular complexity index is 446. The average Bonchev–Trinajstić information content (AvgIpc) is 1.94. The van der Waals surface area contributed by atoms with Gasteiger partial charge in [0.25, 0.3) is 10.1 Å². The topological polar surface area (TPSA) is 80.4 Å². The Hall–Kier alpha value is -0.200. The van der Waals surface area contributed by atoms with E-state index in [1.54, 1.807) is 0 Å². The monoisotopic (exact) mass is 277 g/mol. The molecule has 1 aromatic rings. The van der Waals surface area contributed by atoms with Crippen LogP contribution in [-0.2, 0) is 10.1 Å². The highest BCUT2D eigenvalue weighted by Gasteiger charge is 2.16. The highest BCUT2D eigenvalue weighted by molar-refractivity contribution is 7.86. The summed E-state index contributed by atoms with van der Waals surface area (Å²) in [5.74, 6) is 0. The van der Waals surface area contributed by atoms with Gasteiger partial charge in [-0.25, -0.2) is 0 Å². The van der Waals surface area contributed by atoms with Crippen molar-refractivity contribution >= 4 is 51.4 Å². The Morgan fingerprint density at radius 1 is 1.21 bits per heavy atom. The maximum absolute atomic E-state index is 10.7. The van der Waals surface area contributed by atoms with Crippen LogP contribution in [0.1, 0.15) is 0 Å². The van der Waals surface area contributed by atoms with Gasteiger partial charge in [0.2, 0.25) is 0 Å². The number of rotatable bonds is 1. The molecule has 14 heavy (non-hydrogen) atoms. The molecule has 0 radical (unpaired) electrons. The van der Waals surface area contributed by atoms with Crippen molar-refractivity contribution in [2.45, 2.75) is 4.90 Å². The summed E-state index contributed by atoms with van der Waals surface area (Å²) in [4.78, 5) is -0.451. The lowest BCUT2D eigenvalue weighted by atomic mass is 10.3. The van der Waals surface area contributed by atoms with E-state index >= 15 is 0 Å². The largest absolute Gasteiger partial charge is 0.397 e. The molecule has 8 heteroatoms.